The topological polar surface area (TPSA) is 114 Å². The second-order valence-corrected chi connectivity index (χ2v) is 9.26. The molecule has 2 unspecified atom stereocenters. The van der Waals surface area contributed by atoms with E-state index in [1.807, 2.05) is 17.7 Å². The lowest BCUT2D eigenvalue weighted by Crippen LogP contribution is -2.31. The molecule has 37 heavy (non-hydrogen) atoms. The van der Waals surface area contributed by atoms with Crippen LogP contribution >= 0.6 is 0 Å². The second-order valence-electron chi connectivity index (χ2n) is 9.26. The van der Waals surface area contributed by atoms with Gasteiger partial charge in [-0.3, -0.25) is 9.59 Å². The maximum absolute atomic E-state index is 13.3. The molecule has 2 aromatic carbocycles. The molecule has 1 aromatic heterocycles. The van der Waals surface area contributed by atoms with Gasteiger partial charge in [-0.05, 0) is 61.7 Å². The minimum atomic E-state index is -0.842. The number of imidazole rings is 1. The third-order valence-corrected chi connectivity index (χ3v) is 6.68. The van der Waals surface area contributed by atoms with Crippen molar-refractivity contribution in [2.75, 3.05) is 13.2 Å². The fourth-order valence-electron chi connectivity index (χ4n) is 5.00. The zero-order chi connectivity index (χ0) is 26.1. The van der Waals surface area contributed by atoms with E-state index in [1.54, 1.807) is 49.8 Å². The number of phenolic OH excluding ortho intramolecular Hbond substituents is 1. The third-order valence-electron chi connectivity index (χ3n) is 6.68. The summed E-state index contributed by atoms with van der Waals surface area (Å²) in [6.45, 7) is 4.99. The number of hydrogen-bond acceptors (Lipinski definition) is 7. The van der Waals surface area contributed by atoms with Crippen LogP contribution in [0, 0.1) is 0 Å². The molecule has 5 rings (SSSR count). The quantitative estimate of drug-likeness (QED) is 0.273. The Labute approximate surface area is 214 Å². The second kappa shape index (κ2) is 10.0. The summed E-state index contributed by atoms with van der Waals surface area (Å²) in [5, 5.41) is 21.6. The Hall–Kier alpha value is -4.27. The molecule has 0 saturated carbocycles. The number of likely N-dealkylation sites (tertiary alicyclic amines) is 1. The van der Waals surface area contributed by atoms with E-state index in [9.17, 15) is 19.8 Å². The van der Waals surface area contributed by atoms with Gasteiger partial charge in [-0.1, -0.05) is 6.07 Å². The van der Waals surface area contributed by atoms with Gasteiger partial charge in [-0.15, -0.1) is 0 Å². The van der Waals surface area contributed by atoms with Gasteiger partial charge < -0.3 is 29.2 Å². The number of ketones is 1. The lowest BCUT2D eigenvalue weighted by Gasteiger charge is -2.26. The van der Waals surface area contributed by atoms with E-state index in [1.165, 1.54) is 11.0 Å². The lowest BCUT2D eigenvalue weighted by molar-refractivity contribution is -0.139. The summed E-state index contributed by atoms with van der Waals surface area (Å²) in [5.74, 6) is -0.722. The summed E-state index contributed by atoms with van der Waals surface area (Å²) >= 11 is 0. The van der Waals surface area contributed by atoms with Crippen molar-refractivity contribution < 1.29 is 29.3 Å². The van der Waals surface area contributed by atoms with E-state index in [-0.39, 0.29) is 35.5 Å². The first kappa shape index (κ1) is 24.4. The van der Waals surface area contributed by atoms with Crippen molar-refractivity contribution in [3.63, 3.8) is 0 Å². The molecule has 2 aliphatic rings. The van der Waals surface area contributed by atoms with Crippen LogP contribution < -0.4 is 9.47 Å². The molecule has 9 heteroatoms. The molecule has 0 radical (unpaired) electrons. The fraction of sp³-hybridized carbons (Fsp3) is 0.321. The van der Waals surface area contributed by atoms with Gasteiger partial charge in [0.05, 0.1) is 24.5 Å². The highest BCUT2D eigenvalue weighted by Gasteiger charge is 2.46. The molecule has 1 saturated heterocycles. The van der Waals surface area contributed by atoms with Gasteiger partial charge in [-0.25, -0.2) is 4.98 Å². The Kier molecular flexibility index (Phi) is 6.60. The summed E-state index contributed by atoms with van der Waals surface area (Å²) in [5.41, 5.74) is 1.95. The van der Waals surface area contributed by atoms with E-state index in [2.05, 4.69) is 4.98 Å². The molecule has 2 atom stereocenters. The molecule has 2 aliphatic heterocycles. The van der Waals surface area contributed by atoms with Crippen LogP contribution in [0.5, 0.6) is 17.2 Å². The Morgan fingerprint density at radius 3 is 2.78 bits per heavy atom. The first-order valence-corrected chi connectivity index (χ1v) is 12.4. The normalized spacial score (nSPS) is 20.2. The number of nitrogens with zero attached hydrogens (tertiary/aromatic N) is 3. The Morgan fingerprint density at radius 1 is 1.19 bits per heavy atom. The Bertz CT molecular complexity index is 1360. The number of amides is 1. The molecule has 9 nitrogen and oxygen atoms in total. The zero-order valence-electron chi connectivity index (χ0n) is 20.8. The van der Waals surface area contributed by atoms with Gasteiger partial charge >= 0.3 is 0 Å². The van der Waals surface area contributed by atoms with Crippen LogP contribution in [0.1, 0.15) is 43.0 Å². The van der Waals surface area contributed by atoms with Crippen molar-refractivity contribution in [3.05, 3.63) is 77.4 Å². The number of benzene rings is 2. The fourth-order valence-corrected chi connectivity index (χ4v) is 5.00. The van der Waals surface area contributed by atoms with E-state index < -0.39 is 17.7 Å². The number of aromatic nitrogens is 2. The van der Waals surface area contributed by atoms with Gasteiger partial charge in [0.15, 0.2) is 11.5 Å². The molecule has 192 valence electrons. The van der Waals surface area contributed by atoms with Gasteiger partial charge in [-0.2, -0.15) is 0 Å². The maximum Gasteiger partial charge on any atom is 0.295 e. The predicted octanol–water partition coefficient (Wildman–Crippen LogP) is 3.82. The molecule has 0 bridgehead atoms. The lowest BCUT2D eigenvalue weighted by atomic mass is 9.94. The van der Waals surface area contributed by atoms with E-state index >= 15 is 0 Å². The molecular weight excluding hydrogens is 474 g/mol. The molecule has 1 fully saturated rings. The van der Waals surface area contributed by atoms with Crippen LogP contribution in [0.25, 0.3) is 5.76 Å². The number of carbonyl (C=O) groups excluding carboxylic acids is 2. The number of rotatable bonds is 8. The van der Waals surface area contributed by atoms with Gasteiger partial charge in [0.25, 0.3) is 11.7 Å². The van der Waals surface area contributed by atoms with Crippen LogP contribution in [-0.2, 0) is 22.6 Å². The highest BCUT2D eigenvalue weighted by Crippen LogP contribution is 2.42. The van der Waals surface area contributed by atoms with Gasteiger partial charge in [0.1, 0.15) is 17.6 Å². The van der Waals surface area contributed by atoms with Gasteiger partial charge in [0.2, 0.25) is 0 Å². The van der Waals surface area contributed by atoms with Crippen LogP contribution in [0.15, 0.2) is 60.7 Å². The average molecular weight is 504 g/mol. The number of aliphatic hydroxyl groups excluding tert-OH is 1. The SMILES string of the molecule is CCOc1cc(C2/C(=C(/O)c3ccc4c(c3)CC(C)O4)C(=O)C(=O)N2CCCn2ccnc2)ccc1O. The molecule has 0 aliphatic carbocycles. The number of hydrogen-bond donors (Lipinski definition) is 2. The summed E-state index contributed by atoms with van der Waals surface area (Å²) in [7, 11) is 0. The number of ether oxygens (including phenoxy) is 2. The van der Waals surface area contributed by atoms with Crippen molar-refractivity contribution in [1.82, 2.24) is 14.5 Å². The molecular formula is C28H29N3O6. The zero-order valence-corrected chi connectivity index (χ0v) is 20.8. The number of phenols is 1. The highest BCUT2D eigenvalue weighted by atomic mass is 16.5. The Morgan fingerprint density at radius 2 is 2.03 bits per heavy atom. The summed E-state index contributed by atoms with van der Waals surface area (Å²) in [4.78, 5) is 32.1. The monoisotopic (exact) mass is 503 g/mol. The highest BCUT2D eigenvalue weighted by molar-refractivity contribution is 6.46. The predicted molar refractivity (Wildman–Crippen MR) is 135 cm³/mol. The summed E-state index contributed by atoms with van der Waals surface area (Å²) in [6.07, 6.45) is 6.50. The minimum Gasteiger partial charge on any atom is -0.507 e. The van der Waals surface area contributed by atoms with Crippen molar-refractivity contribution in [1.29, 1.82) is 0 Å². The number of aryl methyl sites for hydroxylation is 1. The van der Waals surface area contributed by atoms with E-state index in [0.29, 0.717) is 37.1 Å². The minimum absolute atomic E-state index is 0.00711. The number of carbonyl (C=O) groups is 2. The molecule has 3 aromatic rings. The first-order valence-electron chi connectivity index (χ1n) is 12.4. The van der Waals surface area contributed by atoms with Crippen LogP contribution in [0.2, 0.25) is 0 Å². The molecule has 0 spiro atoms. The first-order chi connectivity index (χ1) is 17.9. The third kappa shape index (κ3) is 4.64. The van der Waals surface area contributed by atoms with Crippen molar-refractivity contribution in [2.45, 2.75) is 45.4 Å². The number of fused-ring (bicyclic) bond motifs is 1. The van der Waals surface area contributed by atoms with Crippen LogP contribution in [0.4, 0.5) is 0 Å². The standard InChI is InChI=1S/C28H29N3O6/c1-3-36-23-15-18(5-7-21(23)32)25-24(26(33)19-6-8-22-20(14-19)13-17(2)37-22)27(34)28(35)31(25)11-4-10-30-12-9-29-16-30/h5-9,12,14-17,25,32-33H,3-4,10-11,13H2,1-2H3/b26-24-. The Balaban J connectivity index is 1.56. The van der Waals surface area contributed by atoms with Crippen molar-refractivity contribution in [2.24, 2.45) is 0 Å². The van der Waals surface area contributed by atoms with Gasteiger partial charge in [0, 0.05) is 37.5 Å². The number of Topliss-reactive ketones (excluding diaryl/α,β-unsaturated/α-hetero) is 1. The smallest absolute Gasteiger partial charge is 0.295 e. The van der Waals surface area contributed by atoms with E-state index in [0.717, 1.165) is 11.3 Å². The molecule has 1 amide bonds. The van der Waals surface area contributed by atoms with Crippen LogP contribution in [0.3, 0.4) is 0 Å². The largest absolute Gasteiger partial charge is 0.507 e. The maximum atomic E-state index is 13.3. The van der Waals surface area contributed by atoms with Crippen molar-refractivity contribution in [3.8, 4) is 17.2 Å². The molecule has 3 heterocycles. The number of aliphatic hydroxyl groups is 1. The summed E-state index contributed by atoms with van der Waals surface area (Å²) in [6, 6.07) is 9.16. The van der Waals surface area contributed by atoms with Crippen LogP contribution in [-0.4, -0.2) is 55.6 Å². The summed E-state index contributed by atoms with van der Waals surface area (Å²) < 4.78 is 13.2. The number of aromatic hydroxyl groups is 1. The average Bonchev–Trinajstić information content (AvgIpc) is 3.59. The van der Waals surface area contributed by atoms with E-state index in [4.69, 9.17) is 9.47 Å². The molecule has 2 N–H and O–H groups in total. The van der Waals surface area contributed by atoms with Crippen molar-refractivity contribution >= 4 is 17.4 Å².